The fourth-order valence-electron chi connectivity index (χ4n) is 3.36. The minimum Gasteiger partial charge on any atom is -0.497 e. The van der Waals surface area contributed by atoms with E-state index in [1.165, 1.54) is 5.56 Å². The quantitative estimate of drug-likeness (QED) is 0.379. The third-order valence-electron chi connectivity index (χ3n) is 4.96. The summed E-state index contributed by atoms with van der Waals surface area (Å²) in [6.45, 7) is 6.65. The van der Waals surface area contributed by atoms with E-state index in [0.717, 1.165) is 38.9 Å². The molecule has 0 bridgehead atoms. The Morgan fingerprint density at radius 2 is 1.61 bits per heavy atom. The van der Waals surface area contributed by atoms with Crippen LogP contribution in [0.3, 0.4) is 0 Å². The number of aromatic nitrogens is 1. The van der Waals surface area contributed by atoms with E-state index in [1.807, 2.05) is 36.4 Å². The summed E-state index contributed by atoms with van der Waals surface area (Å²) >= 11 is 6.21. The highest BCUT2D eigenvalue weighted by atomic mass is 35.5. The molecule has 3 aromatic carbocycles. The summed E-state index contributed by atoms with van der Waals surface area (Å²) in [6.07, 6.45) is 0. The fraction of sp³-hybridized carbons (Fsp3) is 0.208. The number of anilines is 2. The molecule has 28 heavy (non-hydrogen) atoms. The zero-order valence-corrected chi connectivity index (χ0v) is 17.3. The van der Waals surface area contributed by atoms with Crippen molar-refractivity contribution >= 4 is 44.8 Å². The fourth-order valence-corrected chi connectivity index (χ4v) is 3.52. The monoisotopic (exact) mass is 390 g/mol. The van der Waals surface area contributed by atoms with Crippen LogP contribution in [-0.2, 0) is 5.41 Å². The summed E-state index contributed by atoms with van der Waals surface area (Å²) in [5.41, 5.74) is 5.21. The molecule has 0 atom stereocenters. The molecule has 0 saturated heterocycles. The smallest absolute Gasteiger partial charge is 0.119 e. The Kier molecular flexibility index (Phi) is 4.64. The van der Waals surface area contributed by atoms with Crippen molar-refractivity contribution < 1.29 is 4.74 Å². The van der Waals surface area contributed by atoms with Gasteiger partial charge in [-0.3, -0.25) is 0 Å². The molecule has 0 saturated carbocycles. The summed E-state index contributed by atoms with van der Waals surface area (Å²) < 4.78 is 5.44. The van der Waals surface area contributed by atoms with Crippen LogP contribution in [0.4, 0.5) is 11.4 Å². The first-order chi connectivity index (χ1) is 13.3. The van der Waals surface area contributed by atoms with E-state index in [2.05, 4.69) is 50.4 Å². The Morgan fingerprint density at radius 1 is 0.857 bits per heavy atom. The Morgan fingerprint density at radius 3 is 2.29 bits per heavy atom. The number of benzene rings is 3. The highest BCUT2D eigenvalue weighted by Crippen LogP contribution is 2.36. The lowest BCUT2D eigenvalue weighted by Crippen LogP contribution is -2.10. The van der Waals surface area contributed by atoms with Crippen molar-refractivity contribution in [1.82, 2.24) is 4.98 Å². The second kappa shape index (κ2) is 6.99. The first kappa shape index (κ1) is 18.6. The molecule has 3 nitrogen and oxygen atoms in total. The molecule has 1 aromatic heterocycles. The van der Waals surface area contributed by atoms with Crippen LogP contribution in [-0.4, -0.2) is 12.1 Å². The highest BCUT2D eigenvalue weighted by molar-refractivity contribution is 6.31. The van der Waals surface area contributed by atoms with Crippen LogP contribution in [0.25, 0.3) is 21.8 Å². The first-order valence-electron chi connectivity index (χ1n) is 9.30. The lowest BCUT2D eigenvalue weighted by atomic mass is 9.87. The molecule has 1 heterocycles. The number of rotatable bonds is 3. The zero-order chi connectivity index (χ0) is 19.9. The standard InChI is InChI=1S/C24H23ClN2O/c1-24(2,3)15-5-8-17(9-6-15)26-23-19-11-7-16(25)13-22(19)27-21-12-10-18(28-4)14-20(21)23/h5-14H,1-4H3,(H,26,27). The second-order valence-electron chi connectivity index (χ2n) is 7.98. The van der Waals surface area contributed by atoms with E-state index < -0.39 is 0 Å². The van der Waals surface area contributed by atoms with Gasteiger partial charge in [0.15, 0.2) is 0 Å². The third-order valence-corrected chi connectivity index (χ3v) is 5.20. The van der Waals surface area contributed by atoms with Gasteiger partial charge in [-0.15, -0.1) is 0 Å². The molecule has 142 valence electrons. The van der Waals surface area contributed by atoms with E-state index in [0.29, 0.717) is 5.02 Å². The SMILES string of the molecule is COc1ccc2nc3cc(Cl)ccc3c(Nc3ccc(C(C)(C)C)cc3)c2c1. The van der Waals surface area contributed by atoms with Crippen molar-refractivity contribution in [3.8, 4) is 5.75 Å². The molecule has 0 unspecified atom stereocenters. The average molecular weight is 391 g/mol. The Labute approximate surface area is 170 Å². The molecular weight excluding hydrogens is 368 g/mol. The number of hydrogen-bond donors (Lipinski definition) is 1. The van der Waals surface area contributed by atoms with Crippen molar-refractivity contribution in [2.24, 2.45) is 0 Å². The molecule has 1 N–H and O–H groups in total. The summed E-state index contributed by atoms with van der Waals surface area (Å²) in [6, 6.07) is 20.3. The molecule has 4 rings (SSSR count). The highest BCUT2D eigenvalue weighted by Gasteiger charge is 2.14. The molecule has 0 aliphatic carbocycles. The molecule has 4 aromatic rings. The number of methoxy groups -OCH3 is 1. The molecule has 0 amide bonds. The molecule has 4 heteroatoms. The van der Waals surface area contributed by atoms with E-state index in [1.54, 1.807) is 7.11 Å². The number of nitrogens with one attached hydrogen (secondary N) is 1. The minimum absolute atomic E-state index is 0.124. The maximum absolute atomic E-state index is 6.21. The van der Waals surface area contributed by atoms with Gasteiger partial charge in [-0.25, -0.2) is 4.98 Å². The Hall–Kier alpha value is -2.78. The van der Waals surface area contributed by atoms with Crippen LogP contribution < -0.4 is 10.1 Å². The van der Waals surface area contributed by atoms with E-state index >= 15 is 0 Å². The predicted molar refractivity (Wildman–Crippen MR) is 119 cm³/mol. The minimum atomic E-state index is 0.124. The average Bonchev–Trinajstić information content (AvgIpc) is 2.67. The van der Waals surface area contributed by atoms with Crippen LogP contribution in [0.15, 0.2) is 60.7 Å². The van der Waals surface area contributed by atoms with E-state index in [9.17, 15) is 0 Å². The lowest BCUT2D eigenvalue weighted by molar-refractivity contribution is 0.415. The van der Waals surface area contributed by atoms with Gasteiger partial charge in [0.2, 0.25) is 0 Å². The number of nitrogens with zero attached hydrogens (tertiary/aromatic N) is 1. The van der Waals surface area contributed by atoms with Crippen molar-refractivity contribution in [3.63, 3.8) is 0 Å². The van der Waals surface area contributed by atoms with Crippen molar-refractivity contribution in [3.05, 3.63) is 71.2 Å². The van der Waals surface area contributed by atoms with Gasteiger partial charge in [-0.05, 0) is 59.5 Å². The number of fused-ring (bicyclic) bond motifs is 2. The molecule has 0 aliphatic rings. The van der Waals surface area contributed by atoms with Crippen LogP contribution in [0.2, 0.25) is 5.02 Å². The summed E-state index contributed by atoms with van der Waals surface area (Å²) in [5, 5.41) is 6.30. The molecule has 0 fully saturated rings. The molecule has 0 spiro atoms. The first-order valence-corrected chi connectivity index (χ1v) is 9.67. The van der Waals surface area contributed by atoms with Crippen LogP contribution >= 0.6 is 11.6 Å². The van der Waals surface area contributed by atoms with Gasteiger partial charge in [-0.1, -0.05) is 44.5 Å². The summed E-state index contributed by atoms with van der Waals surface area (Å²) in [7, 11) is 1.67. The maximum Gasteiger partial charge on any atom is 0.119 e. The maximum atomic E-state index is 6.21. The van der Waals surface area contributed by atoms with Crippen LogP contribution in [0.1, 0.15) is 26.3 Å². The van der Waals surface area contributed by atoms with Gasteiger partial charge >= 0.3 is 0 Å². The Bertz CT molecular complexity index is 1160. The number of hydrogen-bond acceptors (Lipinski definition) is 3. The van der Waals surface area contributed by atoms with Gasteiger partial charge in [0.05, 0.1) is 23.8 Å². The van der Waals surface area contributed by atoms with Gasteiger partial charge in [0, 0.05) is 21.5 Å². The predicted octanol–water partition coefficient (Wildman–Crippen LogP) is 7.09. The van der Waals surface area contributed by atoms with Crippen molar-refractivity contribution in [1.29, 1.82) is 0 Å². The topological polar surface area (TPSA) is 34.1 Å². The van der Waals surface area contributed by atoms with Gasteiger partial charge < -0.3 is 10.1 Å². The largest absolute Gasteiger partial charge is 0.497 e. The molecule has 0 aliphatic heterocycles. The van der Waals surface area contributed by atoms with E-state index in [-0.39, 0.29) is 5.41 Å². The number of ether oxygens (including phenoxy) is 1. The number of halogens is 1. The second-order valence-corrected chi connectivity index (χ2v) is 8.42. The van der Waals surface area contributed by atoms with Crippen LogP contribution in [0, 0.1) is 0 Å². The van der Waals surface area contributed by atoms with Gasteiger partial charge in [-0.2, -0.15) is 0 Å². The lowest BCUT2D eigenvalue weighted by Gasteiger charge is -2.20. The summed E-state index contributed by atoms with van der Waals surface area (Å²) in [5.74, 6) is 0.800. The van der Waals surface area contributed by atoms with Crippen molar-refractivity contribution in [2.45, 2.75) is 26.2 Å². The van der Waals surface area contributed by atoms with Gasteiger partial charge in [0.1, 0.15) is 5.75 Å². The van der Waals surface area contributed by atoms with Gasteiger partial charge in [0.25, 0.3) is 0 Å². The zero-order valence-electron chi connectivity index (χ0n) is 16.5. The molecule has 0 radical (unpaired) electrons. The summed E-state index contributed by atoms with van der Waals surface area (Å²) in [4.78, 5) is 4.78. The van der Waals surface area contributed by atoms with Crippen LogP contribution in [0.5, 0.6) is 5.75 Å². The third kappa shape index (κ3) is 3.50. The molecular formula is C24H23ClN2O. The number of pyridine rings is 1. The van der Waals surface area contributed by atoms with E-state index in [4.69, 9.17) is 21.3 Å². The van der Waals surface area contributed by atoms with Crippen molar-refractivity contribution in [2.75, 3.05) is 12.4 Å². The normalized spacial score (nSPS) is 11.8. The Balaban J connectivity index is 1.89.